The van der Waals surface area contributed by atoms with Crippen molar-refractivity contribution in [2.24, 2.45) is 0 Å². The lowest BCUT2D eigenvalue weighted by molar-refractivity contribution is 0.151. The highest BCUT2D eigenvalue weighted by atomic mass is 35.5. The van der Waals surface area contributed by atoms with E-state index in [1.165, 1.54) is 12.1 Å². The third kappa shape index (κ3) is 1.67. The summed E-state index contributed by atoms with van der Waals surface area (Å²) in [7, 11) is 0. The van der Waals surface area contributed by atoms with E-state index in [2.05, 4.69) is 0 Å². The van der Waals surface area contributed by atoms with Gasteiger partial charge in [-0.15, -0.1) is 0 Å². The van der Waals surface area contributed by atoms with Crippen LogP contribution in [0.3, 0.4) is 0 Å². The summed E-state index contributed by atoms with van der Waals surface area (Å²) in [5.74, 6) is 0. The average Bonchev–Trinajstić information content (AvgIpc) is 1.82. The molecule has 0 aliphatic heterocycles. The van der Waals surface area contributed by atoms with Crippen molar-refractivity contribution in [3.05, 3.63) is 28.3 Å². The molecular weight excluding hydrogens is 184 g/mol. The number of rotatable bonds is 1. The van der Waals surface area contributed by atoms with Gasteiger partial charge in [0.05, 0.1) is 5.02 Å². The minimum Gasteiger partial charge on any atom is -0.399 e. The summed E-state index contributed by atoms with van der Waals surface area (Å²) < 4.78 is 24.6. The van der Waals surface area contributed by atoms with Crippen LogP contribution in [0.4, 0.5) is 14.5 Å². The molecule has 0 bridgehead atoms. The van der Waals surface area contributed by atoms with E-state index in [1.54, 1.807) is 6.92 Å². The van der Waals surface area contributed by atoms with Crippen molar-refractivity contribution in [3.63, 3.8) is 0 Å². The molecular formula is C8H8ClF2N. The second kappa shape index (κ2) is 3.27. The molecule has 0 saturated heterocycles. The van der Waals surface area contributed by atoms with Gasteiger partial charge in [-0.05, 0) is 24.6 Å². The summed E-state index contributed by atoms with van der Waals surface area (Å²) in [5, 5.41) is 0.0301. The first-order chi connectivity index (χ1) is 5.52. The summed E-state index contributed by atoms with van der Waals surface area (Å²) in [6.45, 7) is 1.56. The number of alkyl halides is 2. The van der Waals surface area contributed by atoms with Crippen molar-refractivity contribution in [2.75, 3.05) is 5.73 Å². The standard InChI is InChI=1S/C8H8ClF2N/c1-4-2-5(12)3-6(9)7(4)8(10)11/h2-3,8H,12H2,1H3. The number of hydrogen-bond donors (Lipinski definition) is 1. The molecule has 0 amide bonds. The predicted octanol–water partition coefficient (Wildman–Crippen LogP) is 3.17. The molecule has 1 aromatic rings. The van der Waals surface area contributed by atoms with Crippen molar-refractivity contribution >= 4 is 17.3 Å². The Morgan fingerprint density at radius 3 is 2.42 bits per heavy atom. The largest absolute Gasteiger partial charge is 0.399 e. The molecule has 0 spiro atoms. The molecule has 66 valence electrons. The van der Waals surface area contributed by atoms with Crippen LogP contribution in [0.25, 0.3) is 0 Å². The molecule has 0 radical (unpaired) electrons. The minimum atomic E-state index is -2.54. The maximum Gasteiger partial charge on any atom is 0.265 e. The monoisotopic (exact) mass is 191 g/mol. The van der Waals surface area contributed by atoms with Gasteiger partial charge in [-0.25, -0.2) is 8.78 Å². The lowest BCUT2D eigenvalue weighted by Gasteiger charge is -2.07. The quantitative estimate of drug-likeness (QED) is 0.678. The Hall–Kier alpha value is -0.830. The van der Waals surface area contributed by atoms with Gasteiger partial charge in [-0.2, -0.15) is 0 Å². The zero-order chi connectivity index (χ0) is 9.30. The van der Waals surface area contributed by atoms with Gasteiger partial charge in [-0.3, -0.25) is 0 Å². The van der Waals surface area contributed by atoms with E-state index < -0.39 is 6.43 Å². The lowest BCUT2D eigenvalue weighted by atomic mass is 10.1. The minimum absolute atomic E-state index is 0.0301. The fourth-order valence-electron chi connectivity index (χ4n) is 1.06. The number of hydrogen-bond acceptors (Lipinski definition) is 1. The highest BCUT2D eigenvalue weighted by Crippen LogP contribution is 2.31. The van der Waals surface area contributed by atoms with Crippen LogP contribution in [0.2, 0.25) is 5.02 Å². The first kappa shape index (κ1) is 9.26. The maximum absolute atomic E-state index is 12.3. The van der Waals surface area contributed by atoms with E-state index in [0.29, 0.717) is 11.3 Å². The number of aryl methyl sites for hydroxylation is 1. The number of nitrogen functional groups attached to an aromatic ring is 1. The Labute approximate surface area is 74.1 Å². The summed E-state index contributed by atoms with van der Waals surface area (Å²) in [6.07, 6.45) is -2.54. The number of nitrogens with two attached hydrogens (primary N) is 1. The van der Waals surface area contributed by atoms with E-state index in [-0.39, 0.29) is 10.6 Å². The van der Waals surface area contributed by atoms with Crippen LogP contribution in [0.5, 0.6) is 0 Å². The van der Waals surface area contributed by atoms with Gasteiger partial charge in [-0.1, -0.05) is 11.6 Å². The summed E-state index contributed by atoms with van der Waals surface area (Å²) in [6, 6.07) is 2.81. The van der Waals surface area contributed by atoms with Crippen molar-refractivity contribution in [2.45, 2.75) is 13.3 Å². The fourth-order valence-corrected chi connectivity index (χ4v) is 1.42. The molecule has 0 atom stereocenters. The number of anilines is 1. The van der Waals surface area contributed by atoms with E-state index in [0.717, 1.165) is 0 Å². The molecule has 0 fully saturated rings. The smallest absolute Gasteiger partial charge is 0.265 e. The molecule has 1 aromatic carbocycles. The SMILES string of the molecule is Cc1cc(N)cc(Cl)c1C(F)F. The Balaban J connectivity index is 3.28. The Morgan fingerprint density at radius 2 is 2.00 bits per heavy atom. The van der Waals surface area contributed by atoms with Gasteiger partial charge in [0.25, 0.3) is 6.43 Å². The van der Waals surface area contributed by atoms with Crippen molar-refractivity contribution < 1.29 is 8.78 Å². The second-order valence-corrected chi connectivity index (χ2v) is 2.94. The second-order valence-electron chi connectivity index (χ2n) is 2.53. The average molecular weight is 192 g/mol. The molecule has 0 heterocycles. The highest BCUT2D eigenvalue weighted by molar-refractivity contribution is 6.31. The van der Waals surface area contributed by atoms with Crippen LogP contribution >= 0.6 is 11.6 Å². The molecule has 12 heavy (non-hydrogen) atoms. The normalized spacial score (nSPS) is 10.8. The van der Waals surface area contributed by atoms with Gasteiger partial charge in [0, 0.05) is 11.3 Å². The third-order valence-electron chi connectivity index (χ3n) is 1.58. The molecule has 0 aliphatic carbocycles. The van der Waals surface area contributed by atoms with E-state index in [9.17, 15) is 8.78 Å². The maximum atomic E-state index is 12.3. The number of benzene rings is 1. The van der Waals surface area contributed by atoms with Gasteiger partial charge < -0.3 is 5.73 Å². The zero-order valence-corrected chi connectivity index (χ0v) is 7.20. The van der Waals surface area contributed by atoms with Crippen LogP contribution in [0.1, 0.15) is 17.6 Å². The molecule has 4 heteroatoms. The van der Waals surface area contributed by atoms with Gasteiger partial charge >= 0.3 is 0 Å². The van der Waals surface area contributed by atoms with Crippen LogP contribution in [-0.4, -0.2) is 0 Å². The van der Waals surface area contributed by atoms with Crippen molar-refractivity contribution in [3.8, 4) is 0 Å². The van der Waals surface area contributed by atoms with E-state index in [1.807, 2.05) is 0 Å². The van der Waals surface area contributed by atoms with Crippen LogP contribution in [-0.2, 0) is 0 Å². The van der Waals surface area contributed by atoms with Crippen molar-refractivity contribution in [1.29, 1.82) is 0 Å². The third-order valence-corrected chi connectivity index (χ3v) is 1.89. The number of halogens is 3. The van der Waals surface area contributed by atoms with E-state index >= 15 is 0 Å². The van der Waals surface area contributed by atoms with Crippen LogP contribution < -0.4 is 5.73 Å². The first-order valence-corrected chi connectivity index (χ1v) is 3.74. The summed E-state index contributed by atoms with van der Waals surface area (Å²) in [4.78, 5) is 0. The molecule has 1 nitrogen and oxygen atoms in total. The molecule has 0 unspecified atom stereocenters. The van der Waals surface area contributed by atoms with Crippen molar-refractivity contribution in [1.82, 2.24) is 0 Å². The van der Waals surface area contributed by atoms with Crippen LogP contribution in [0, 0.1) is 6.92 Å². The van der Waals surface area contributed by atoms with Gasteiger partial charge in [0.15, 0.2) is 0 Å². The Kier molecular flexibility index (Phi) is 2.52. The molecule has 2 N–H and O–H groups in total. The Bertz CT molecular complexity index is 276. The fraction of sp³-hybridized carbons (Fsp3) is 0.250. The topological polar surface area (TPSA) is 26.0 Å². The molecule has 1 rings (SSSR count). The first-order valence-electron chi connectivity index (χ1n) is 3.36. The molecule has 0 aliphatic rings. The molecule has 0 saturated carbocycles. The van der Waals surface area contributed by atoms with Crippen LogP contribution in [0.15, 0.2) is 12.1 Å². The zero-order valence-electron chi connectivity index (χ0n) is 6.44. The van der Waals surface area contributed by atoms with Gasteiger partial charge in [0.2, 0.25) is 0 Å². The lowest BCUT2D eigenvalue weighted by Crippen LogP contribution is -1.94. The van der Waals surface area contributed by atoms with Gasteiger partial charge in [0.1, 0.15) is 0 Å². The Morgan fingerprint density at radius 1 is 1.42 bits per heavy atom. The highest BCUT2D eigenvalue weighted by Gasteiger charge is 2.14. The summed E-state index contributed by atoms with van der Waals surface area (Å²) in [5.41, 5.74) is 6.10. The molecule has 0 aromatic heterocycles. The van der Waals surface area contributed by atoms with E-state index in [4.69, 9.17) is 17.3 Å². The predicted molar refractivity (Wildman–Crippen MR) is 45.6 cm³/mol. The summed E-state index contributed by atoms with van der Waals surface area (Å²) >= 11 is 5.57.